The number of hydrogen-bond donors (Lipinski definition) is 0. The summed E-state index contributed by atoms with van der Waals surface area (Å²) < 4.78 is 4.80. The van der Waals surface area contributed by atoms with Crippen LogP contribution in [0.5, 0.6) is 0 Å². The van der Waals surface area contributed by atoms with Crippen LogP contribution in [0.15, 0.2) is 5.16 Å². The summed E-state index contributed by atoms with van der Waals surface area (Å²) in [5.74, 6) is -2.23. The molecule has 0 unspecified atom stereocenters. The summed E-state index contributed by atoms with van der Waals surface area (Å²) in [6.45, 7) is 5.99. The molecule has 0 bridgehead atoms. The molecule has 0 aromatic carbocycles. The summed E-state index contributed by atoms with van der Waals surface area (Å²) in [4.78, 5) is 43.0. The number of amides is 2. The molecular formula is C15H22N2O5. The Labute approximate surface area is 129 Å². The van der Waals surface area contributed by atoms with Crippen LogP contribution in [0.1, 0.15) is 40.0 Å². The van der Waals surface area contributed by atoms with E-state index in [4.69, 9.17) is 9.57 Å². The number of carbonyl (C=O) groups excluding carboxylic acids is 3. The lowest BCUT2D eigenvalue weighted by Gasteiger charge is -2.29. The van der Waals surface area contributed by atoms with Crippen LogP contribution in [-0.2, 0) is 24.0 Å². The topological polar surface area (TPSA) is 85.3 Å². The number of imide groups is 1. The van der Waals surface area contributed by atoms with Crippen LogP contribution in [0, 0.1) is 11.3 Å². The first-order valence-electron chi connectivity index (χ1n) is 7.43. The fourth-order valence-electron chi connectivity index (χ4n) is 2.72. The number of likely N-dealkylation sites (tertiary alicyclic amines) is 1. The van der Waals surface area contributed by atoms with E-state index in [1.807, 2.05) is 20.8 Å². The lowest BCUT2D eigenvalue weighted by Crippen LogP contribution is -2.50. The van der Waals surface area contributed by atoms with Crippen molar-refractivity contribution < 1.29 is 24.0 Å². The van der Waals surface area contributed by atoms with Gasteiger partial charge in [0.1, 0.15) is 5.92 Å². The first-order valence-corrected chi connectivity index (χ1v) is 7.43. The standard InChI is InChI=1S/C15H22N2O5/c1-15(2,3)12-10(14(20)21-4)11(22-16-12)13(19)17-8-6-5-7-9(17)18/h10-11H,5-8H2,1-4H3/t10-,11+/m1/s1. The van der Waals surface area contributed by atoms with Gasteiger partial charge in [0.2, 0.25) is 12.0 Å². The molecule has 122 valence electrons. The maximum absolute atomic E-state index is 12.6. The highest BCUT2D eigenvalue weighted by Crippen LogP contribution is 2.32. The first-order chi connectivity index (χ1) is 10.3. The lowest BCUT2D eigenvalue weighted by molar-refractivity contribution is -0.160. The Morgan fingerprint density at radius 3 is 2.55 bits per heavy atom. The Balaban J connectivity index is 2.25. The Kier molecular flexibility index (Phi) is 4.53. The van der Waals surface area contributed by atoms with Gasteiger partial charge in [-0.15, -0.1) is 0 Å². The van der Waals surface area contributed by atoms with Crippen LogP contribution in [0.25, 0.3) is 0 Å². The van der Waals surface area contributed by atoms with Gasteiger partial charge in [-0.05, 0) is 12.8 Å². The number of methoxy groups -OCH3 is 1. The van der Waals surface area contributed by atoms with Crippen LogP contribution >= 0.6 is 0 Å². The molecule has 2 amide bonds. The summed E-state index contributed by atoms with van der Waals surface area (Å²) in [7, 11) is 1.26. The molecule has 0 saturated carbocycles. The zero-order valence-corrected chi connectivity index (χ0v) is 13.4. The Hall–Kier alpha value is -1.92. The summed E-state index contributed by atoms with van der Waals surface area (Å²) in [5.41, 5.74) is 0.0157. The number of ether oxygens (including phenoxy) is 1. The maximum atomic E-state index is 12.6. The second kappa shape index (κ2) is 6.06. The van der Waals surface area contributed by atoms with E-state index in [1.54, 1.807) is 0 Å². The van der Waals surface area contributed by atoms with Gasteiger partial charge in [-0.25, -0.2) is 0 Å². The van der Waals surface area contributed by atoms with E-state index in [0.29, 0.717) is 18.7 Å². The van der Waals surface area contributed by atoms with Gasteiger partial charge in [-0.3, -0.25) is 19.3 Å². The van der Waals surface area contributed by atoms with Crippen molar-refractivity contribution in [1.29, 1.82) is 0 Å². The van der Waals surface area contributed by atoms with Crippen LogP contribution in [0.3, 0.4) is 0 Å². The minimum absolute atomic E-state index is 0.229. The SMILES string of the molecule is COC(=O)[C@H]1C(C(C)(C)C)=NO[C@@H]1C(=O)N1CCCCC1=O. The fraction of sp³-hybridized carbons (Fsp3) is 0.733. The van der Waals surface area contributed by atoms with Crippen molar-refractivity contribution >= 4 is 23.5 Å². The van der Waals surface area contributed by atoms with Gasteiger partial charge >= 0.3 is 5.97 Å². The van der Waals surface area contributed by atoms with Crippen molar-refractivity contribution in [2.75, 3.05) is 13.7 Å². The molecule has 2 rings (SSSR count). The Morgan fingerprint density at radius 1 is 1.32 bits per heavy atom. The number of nitrogens with zero attached hydrogens (tertiary/aromatic N) is 2. The van der Waals surface area contributed by atoms with E-state index in [-0.39, 0.29) is 5.91 Å². The largest absolute Gasteiger partial charge is 0.468 e. The van der Waals surface area contributed by atoms with E-state index >= 15 is 0 Å². The van der Waals surface area contributed by atoms with Crippen LogP contribution < -0.4 is 0 Å². The summed E-state index contributed by atoms with van der Waals surface area (Å²) in [6, 6.07) is 0. The average molecular weight is 310 g/mol. The van der Waals surface area contributed by atoms with Crippen LogP contribution in [0.4, 0.5) is 0 Å². The lowest BCUT2D eigenvalue weighted by atomic mass is 9.80. The predicted molar refractivity (Wildman–Crippen MR) is 77.8 cm³/mol. The molecule has 2 heterocycles. The van der Waals surface area contributed by atoms with Crippen LogP contribution in [-0.4, -0.2) is 48.2 Å². The molecule has 2 aliphatic heterocycles. The monoisotopic (exact) mass is 310 g/mol. The van der Waals surface area contributed by atoms with E-state index in [0.717, 1.165) is 12.8 Å². The Bertz CT molecular complexity index is 521. The van der Waals surface area contributed by atoms with Crippen molar-refractivity contribution in [2.24, 2.45) is 16.5 Å². The molecule has 7 heteroatoms. The molecule has 2 atom stereocenters. The number of hydrogen-bond acceptors (Lipinski definition) is 6. The molecule has 1 fully saturated rings. The molecule has 1 saturated heterocycles. The molecule has 0 aromatic heterocycles. The minimum atomic E-state index is -1.12. The quantitative estimate of drug-likeness (QED) is 0.563. The summed E-state index contributed by atoms with van der Waals surface area (Å²) >= 11 is 0. The normalized spacial score (nSPS) is 25.5. The van der Waals surface area contributed by atoms with Crippen LogP contribution in [0.2, 0.25) is 0 Å². The fourth-order valence-corrected chi connectivity index (χ4v) is 2.72. The molecule has 0 aromatic rings. The number of oxime groups is 1. The van der Waals surface area contributed by atoms with Gasteiger partial charge in [0.15, 0.2) is 0 Å². The summed E-state index contributed by atoms with van der Waals surface area (Å²) in [6.07, 6.45) is 0.760. The van der Waals surface area contributed by atoms with Crippen molar-refractivity contribution in [3.63, 3.8) is 0 Å². The zero-order chi connectivity index (χ0) is 16.5. The first kappa shape index (κ1) is 16.5. The number of rotatable bonds is 2. The smallest absolute Gasteiger partial charge is 0.319 e. The van der Waals surface area contributed by atoms with E-state index in [1.165, 1.54) is 12.0 Å². The highest BCUT2D eigenvalue weighted by Gasteiger charge is 2.50. The molecule has 7 nitrogen and oxygen atoms in total. The molecule has 0 N–H and O–H groups in total. The minimum Gasteiger partial charge on any atom is -0.468 e. The number of piperidine rings is 1. The molecule has 22 heavy (non-hydrogen) atoms. The Morgan fingerprint density at radius 2 is 2.00 bits per heavy atom. The molecule has 0 radical (unpaired) electrons. The van der Waals surface area contributed by atoms with Gasteiger partial charge in [-0.1, -0.05) is 25.9 Å². The third-order valence-electron chi connectivity index (χ3n) is 3.92. The zero-order valence-electron chi connectivity index (χ0n) is 13.4. The molecule has 0 spiro atoms. The predicted octanol–water partition coefficient (Wildman–Crippen LogP) is 1.12. The van der Waals surface area contributed by atoms with Crippen molar-refractivity contribution in [3.8, 4) is 0 Å². The molecular weight excluding hydrogens is 288 g/mol. The third kappa shape index (κ3) is 2.98. The molecule has 2 aliphatic rings. The third-order valence-corrected chi connectivity index (χ3v) is 3.92. The van der Waals surface area contributed by atoms with Gasteiger partial charge in [0, 0.05) is 18.4 Å². The second-order valence-electron chi connectivity index (χ2n) is 6.59. The highest BCUT2D eigenvalue weighted by molar-refractivity contribution is 6.11. The second-order valence-corrected chi connectivity index (χ2v) is 6.59. The van der Waals surface area contributed by atoms with E-state index in [9.17, 15) is 14.4 Å². The van der Waals surface area contributed by atoms with Gasteiger partial charge in [-0.2, -0.15) is 0 Å². The van der Waals surface area contributed by atoms with Crippen molar-refractivity contribution in [3.05, 3.63) is 0 Å². The molecule has 0 aliphatic carbocycles. The van der Waals surface area contributed by atoms with Crippen molar-refractivity contribution in [2.45, 2.75) is 46.1 Å². The van der Waals surface area contributed by atoms with Gasteiger partial charge in [0.05, 0.1) is 12.8 Å². The van der Waals surface area contributed by atoms with Gasteiger partial charge < -0.3 is 9.57 Å². The van der Waals surface area contributed by atoms with E-state index in [2.05, 4.69) is 5.16 Å². The average Bonchev–Trinajstić information content (AvgIpc) is 2.91. The number of carbonyl (C=O) groups is 3. The summed E-state index contributed by atoms with van der Waals surface area (Å²) in [5, 5.41) is 3.94. The maximum Gasteiger partial charge on any atom is 0.319 e. The van der Waals surface area contributed by atoms with Crippen molar-refractivity contribution in [1.82, 2.24) is 4.90 Å². The van der Waals surface area contributed by atoms with Gasteiger partial charge in [0.25, 0.3) is 5.91 Å². The highest BCUT2D eigenvalue weighted by atomic mass is 16.7. The number of esters is 1. The van der Waals surface area contributed by atoms with E-state index < -0.39 is 29.3 Å².